The van der Waals surface area contributed by atoms with Crippen LogP contribution in [-0.4, -0.2) is 51.8 Å². The molecule has 0 aliphatic heterocycles. The lowest BCUT2D eigenvalue weighted by Gasteiger charge is -2.08. The van der Waals surface area contributed by atoms with E-state index in [-0.39, 0.29) is 31.2 Å². The molecule has 0 aliphatic rings. The molecule has 2 amide bonds. The molecule has 0 heterocycles. The largest absolute Gasteiger partial charge is 0.382 e. The molecule has 6 nitrogen and oxygen atoms in total. The first kappa shape index (κ1) is 17.1. The maximum Gasteiger partial charge on any atom is 0.254 e. The van der Waals surface area contributed by atoms with E-state index in [9.17, 15) is 14.0 Å². The second kappa shape index (κ2) is 9.84. The van der Waals surface area contributed by atoms with Crippen molar-refractivity contribution in [1.82, 2.24) is 10.6 Å². The van der Waals surface area contributed by atoms with Crippen LogP contribution in [0.3, 0.4) is 0 Å². The van der Waals surface area contributed by atoms with Crippen molar-refractivity contribution in [3.63, 3.8) is 0 Å². The number of rotatable bonds is 9. The van der Waals surface area contributed by atoms with Gasteiger partial charge in [0, 0.05) is 20.2 Å². The Labute approximate surface area is 122 Å². The summed E-state index contributed by atoms with van der Waals surface area (Å²) in [6.07, 6.45) is 0. The topological polar surface area (TPSA) is 76.7 Å². The normalized spacial score (nSPS) is 10.2. The molecule has 0 bridgehead atoms. The van der Waals surface area contributed by atoms with Crippen molar-refractivity contribution in [3.05, 3.63) is 35.6 Å². The highest BCUT2D eigenvalue weighted by Crippen LogP contribution is 2.05. The number of hydrogen-bond acceptors (Lipinski definition) is 4. The third-order valence-electron chi connectivity index (χ3n) is 2.52. The number of carbonyl (C=O) groups is 2. The summed E-state index contributed by atoms with van der Waals surface area (Å²) in [6.45, 7) is 1.15. The molecule has 2 N–H and O–H groups in total. The van der Waals surface area contributed by atoms with E-state index >= 15 is 0 Å². The summed E-state index contributed by atoms with van der Waals surface area (Å²) in [6, 6.07) is 5.70. The van der Waals surface area contributed by atoms with Crippen molar-refractivity contribution in [2.24, 2.45) is 0 Å². The summed E-state index contributed by atoms with van der Waals surface area (Å²) in [5.41, 5.74) is -0.0216. The highest BCUT2D eigenvalue weighted by Gasteiger charge is 2.09. The van der Waals surface area contributed by atoms with E-state index in [4.69, 9.17) is 9.47 Å². The Kier molecular flexibility index (Phi) is 8.00. The molecular weight excluding hydrogens is 279 g/mol. The zero-order valence-corrected chi connectivity index (χ0v) is 11.9. The number of nitrogens with one attached hydrogen (secondary N) is 2. The van der Waals surface area contributed by atoms with Crippen LogP contribution in [0.1, 0.15) is 10.4 Å². The van der Waals surface area contributed by atoms with Crippen molar-refractivity contribution in [3.8, 4) is 0 Å². The summed E-state index contributed by atoms with van der Waals surface area (Å²) < 4.78 is 23.1. The molecule has 116 valence electrons. The fraction of sp³-hybridized carbons (Fsp3) is 0.429. The van der Waals surface area contributed by atoms with Crippen LogP contribution in [-0.2, 0) is 14.3 Å². The van der Waals surface area contributed by atoms with Crippen LogP contribution < -0.4 is 10.6 Å². The summed E-state index contributed by atoms with van der Waals surface area (Å²) >= 11 is 0. The molecule has 0 aromatic heterocycles. The Balaban J connectivity index is 2.15. The number of carbonyl (C=O) groups excluding carboxylic acids is 2. The van der Waals surface area contributed by atoms with Crippen LogP contribution in [0.5, 0.6) is 0 Å². The van der Waals surface area contributed by atoms with E-state index in [0.717, 1.165) is 0 Å². The molecule has 0 aliphatic carbocycles. The quantitative estimate of drug-likeness (QED) is 0.644. The Morgan fingerprint density at radius 3 is 2.57 bits per heavy atom. The van der Waals surface area contributed by atoms with Gasteiger partial charge in [-0.2, -0.15) is 0 Å². The molecule has 0 atom stereocenters. The second-order valence-electron chi connectivity index (χ2n) is 4.13. The fourth-order valence-corrected chi connectivity index (χ4v) is 1.48. The van der Waals surface area contributed by atoms with Crippen LogP contribution in [0.2, 0.25) is 0 Å². The molecular formula is C14H19FN2O4. The molecule has 0 spiro atoms. The average molecular weight is 298 g/mol. The zero-order valence-electron chi connectivity index (χ0n) is 11.9. The molecule has 1 aromatic carbocycles. The number of halogens is 1. The van der Waals surface area contributed by atoms with Gasteiger partial charge >= 0.3 is 0 Å². The molecule has 0 radical (unpaired) electrons. The predicted octanol–water partition coefficient (Wildman–Crippen LogP) is 0.335. The van der Waals surface area contributed by atoms with E-state index < -0.39 is 11.7 Å². The highest BCUT2D eigenvalue weighted by molar-refractivity contribution is 5.94. The first-order chi connectivity index (χ1) is 10.1. The van der Waals surface area contributed by atoms with Gasteiger partial charge in [-0.05, 0) is 12.1 Å². The van der Waals surface area contributed by atoms with Crippen molar-refractivity contribution < 1.29 is 23.5 Å². The molecule has 7 heteroatoms. The van der Waals surface area contributed by atoms with Gasteiger partial charge in [0.2, 0.25) is 5.91 Å². The standard InChI is InChI=1S/C14H19FN2O4/c1-20-8-9-21-10-13(18)16-6-7-17-14(19)11-4-2-3-5-12(11)15/h2-5H,6-10H2,1H3,(H,16,18)(H,17,19). The van der Waals surface area contributed by atoms with Crippen molar-refractivity contribution >= 4 is 11.8 Å². The molecule has 0 fully saturated rings. The minimum absolute atomic E-state index is 0.0216. The highest BCUT2D eigenvalue weighted by atomic mass is 19.1. The first-order valence-corrected chi connectivity index (χ1v) is 6.51. The Bertz CT molecular complexity index is 468. The Morgan fingerprint density at radius 1 is 1.14 bits per heavy atom. The van der Waals surface area contributed by atoms with Gasteiger partial charge in [0.05, 0.1) is 18.8 Å². The third kappa shape index (κ3) is 6.82. The number of methoxy groups -OCH3 is 1. The van der Waals surface area contributed by atoms with Crippen LogP contribution in [0, 0.1) is 5.82 Å². The van der Waals surface area contributed by atoms with Gasteiger partial charge in [-0.3, -0.25) is 9.59 Å². The predicted molar refractivity (Wildman–Crippen MR) is 74.4 cm³/mol. The van der Waals surface area contributed by atoms with Gasteiger partial charge in [0.15, 0.2) is 0 Å². The van der Waals surface area contributed by atoms with E-state index in [0.29, 0.717) is 13.2 Å². The monoisotopic (exact) mass is 298 g/mol. The minimum atomic E-state index is -0.578. The minimum Gasteiger partial charge on any atom is -0.382 e. The third-order valence-corrected chi connectivity index (χ3v) is 2.52. The van der Waals surface area contributed by atoms with Crippen LogP contribution in [0.15, 0.2) is 24.3 Å². The first-order valence-electron chi connectivity index (χ1n) is 6.51. The van der Waals surface area contributed by atoms with Gasteiger partial charge in [0.1, 0.15) is 12.4 Å². The summed E-state index contributed by atoms with van der Waals surface area (Å²) in [5.74, 6) is -1.38. The Hall–Kier alpha value is -1.99. The van der Waals surface area contributed by atoms with E-state index in [1.54, 1.807) is 13.2 Å². The zero-order chi connectivity index (χ0) is 15.5. The van der Waals surface area contributed by atoms with E-state index in [1.807, 2.05) is 0 Å². The van der Waals surface area contributed by atoms with Crippen LogP contribution in [0.4, 0.5) is 4.39 Å². The number of hydrogen-bond donors (Lipinski definition) is 2. The molecule has 0 unspecified atom stereocenters. The molecule has 21 heavy (non-hydrogen) atoms. The average Bonchev–Trinajstić information content (AvgIpc) is 2.48. The number of amides is 2. The summed E-state index contributed by atoms with van der Waals surface area (Å²) in [4.78, 5) is 23.0. The van der Waals surface area contributed by atoms with Crippen molar-refractivity contribution in [2.45, 2.75) is 0 Å². The van der Waals surface area contributed by atoms with Gasteiger partial charge in [-0.15, -0.1) is 0 Å². The maximum absolute atomic E-state index is 13.3. The lowest BCUT2D eigenvalue weighted by atomic mass is 10.2. The van der Waals surface area contributed by atoms with Crippen molar-refractivity contribution in [1.29, 1.82) is 0 Å². The lowest BCUT2D eigenvalue weighted by molar-refractivity contribution is -0.126. The lowest BCUT2D eigenvalue weighted by Crippen LogP contribution is -2.36. The van der Waals surface area contributed by atoms with Crippen molar-refractivity contribution in [2.75, 3.05) is 40.0 Å². The SMILES string of the molecule is COCCOCC(=O)NCCNC(=O)c1ccccc1F. The van der Waals surface area contributed by atoms with Crippen LogP contribution >= 0.6 is 0 Å². The smallest absolute Gasteiger partial charge is 0.254 e. The van der Waals surface area contributed by atoms with Gasteiger partial charge in [0.25, 0.3) is 5.91 Å². The Morgan fingerprint density at radius 2 is 1.86 bits per heavy atom. The molecule has 0 saturated heterocycles. The summed E-state index contributed by atoms with van der Waals surface area (Å²) in [5, 5.41) is 5.08. The van der Waals surface area contributed by atoms with Crippen LogP contribution in [0.25, 0.3) is 0 Å². The van der Waals surface area contributed by atoms with Gasteiger partial charge in [-0.25, -0.2) is 4.39 Å². The number of ether oxygens (including phenoxy) is 2. The molecule has 0 saturated carbocycles. The second-order valence-corrected chi connectivity index (χ2v) is 4.13. The van der Waals surface area contributed by atoms with E-state index in [1.165, 1.54) is 18.2 Å². The van der Waals surface area contributed by atoms with Gasteiger partial charge < -0.3 is 20.1 Å². The van der Waals surface area contributed by atoms with E-state index in [2.05, 4.69) is 10.6 Å². The fourth-order valence-electron chi connectivity index (χ4n) is 1.48. The number of benzene rings is 1. The molecule has 1 rings (SSSR count). The maximum atomic E-state index is 13.3. The van der Waals surface area contributed by atoms with Gasteiger partial charge in [-0.1, -0.05) is 12.1 Å². The molecule has 1 aromatic rings. The summed E-state index contributed by atoms with van der Waals surface area (Å²) in [7, 11) is 1.54.